The number of hydrogen-bond donors (Lipinski definition) is 2. The molecule has 4 atom stereocenters. The zero-order valence-electron chi connectivity index (χ0n) is 16.1. The average Bonchev–Trinajstić information content (AvgIpc) is 2.94. The van der Waals surface area contributed by atoms with Gasteiger partial charge in [-0.2, -0.15) is 0 Å². The average molecular weight is 417 g/mol. The number of carboxylic acid groups (broad SMARTS) is 1. The summed E-state index contributed by atoms with van der Waals surface area (Å²) < 4.78 is 5.52. The summed E-state index contributed by atoms with van der Waals surface area (Å²) in [6.07, 6.45) is 0.542. The van der Waals surface area contributed by atoms with Gasteiger partial charge >= 0.3 is 11.9 Å². The van der Waals surface area contributed by atoms with Gasteiger partial charge in [0.25, 0.3) is 0 Å². The van der Waals surface area contributed by atoms with Crippen molar-refractivity contribution in [2.75, 3.05) is 12.3 Å². The quantitative estimate of drug-likeness (QED) is 0.217. The Balaban J connectivity index is 1.73. The lowest BCUT2D eigenvalue weighted by Crippen LogP contribution is -2.64. The molecule has 3 N–H and O–H groups in total. The number of carbonyl (C=O) groups excluding carboxylic acids is 2. The Kier molecular flexibility index (Phi) is 6.26. The van der Waals surface area contributed by atoms with Gasteiger partial charge in [0.05, 0.1) is 30.4 Å². The number of carboxylic acids is 1. The van der Waals surface area contributed by atoms with Gasteiger partial charge in [0.2, 0.25) is 5.91 Å². The Bertz CT molecular complexity index is 870. The van der Waals surface area contributed by atoms with Crippen molar-refractivity contribution in [3.63, 3.8) is 0 Å². The van der Waals surface area contributed by atoms with Crippen LogP contribution in [-0.2, 0) is 14.3 Å². The molecule has 0 saturated carbocycles. The maximum atomic E-state index is 12.8. The van der Waals surface area contributed by atoms with Crippen LogP contribution >= 0.6 is 11.8 Å². The van der Waals surface area contributed by atoms with Gasteiger partial charge in [-0.1, -0.05) is 25.1 Å². The number of aliphatic imine (C=N–C) groups is 1. The van der Waals surface area contributed by atoms with Crippen LogP contribution in [0.25, 0.3) is 0 Å². The number of carbonyl (C=O) groups is 3. The number of hydrogen-bond acceptors (Lipinski definition) is 6. The highest BCUT2D eigenvalue weighted by Gasteiger charge is 2.60. The number of nitrogens with two attached hydrogens (primary N) is 1. The molecule has 0 unspecified atom stereocenters. The number of β-lactam (4-membered cyclic amide) rings is 1. The van der Waals surface area contributed by atoms with Crippen molar-refractivity contribution < 1.29 is 24.2 Å². The van der Waals surface area contributed by atoms with Crippen molar-refractivity contribution >= 4 is 35.9 Å². The Morgan fingerprint density at radius 1 is 1.38 bits per heavy atom. The second-order valence-electron chi connectivity index (χ2n) is 6.91. The Labute approximate surface area is 172 Å². The fourth-order valence-electron chi connectivity index (χ4n) is 3.87. The molecule has 0 spiro atoms. The molecule has 1 saturated heterocycles. The molecule has 154 valence electrons. The van der Waals surface area contributed by atoms with E-state index in [1.54, 1.807) is 37.3 Å². The Morgan fingerprint density at radius 3 is 2.69 bits per heavy atom. The minimum Gasteiger partial charge on any atom is -0.477 e. The van der Waals surface area contributed by atoms with Crippen LogP contribution in [0.4, 0.5) is 0 Å². The minimum absolute atomic E-state index is 0.0204. The monoisotopic (exact) mass is 417 g/mol. The predicted molar refractivity (Wildman–Crippen MR) is 109 cm³/mol. The van der Waals surface area contributed by atoms with E-state index >= 15 is 0 Å². The number of esters is 1. The van der Waals surface area contributed by atoms with Crippen molar-refractivity contribution in [2.24, 2.45) is 22.6 Å². The van der Waals surface area contributed by atoms with Crippen LogP contribution in [0.2, 0.25) is 0 Å². The molecule has 0 aromatic heterocycles. The molecule has 2 aliphatic rings. The highest BCUT2D eigenvalue weighted by atomic mass is 32.2. The van der Waals surface area contributed by atoms with E-state index in [-0.39, 0.29) is 23.6 Å². The first kappa shape index (κ1) is 20.9. The van der Waals surface area contributed by atoms with Gasteiger partial charge in [-0.05, 0) is 19.1 Å². The van der Waals surface area contributed by atoms with Gasteiger partial charge < -0.3 is 20.5 Å². The van der Waals surface area contributed by atoms with E-state index in [0.29, 0.717) is 22.8 Å². The van der Waals surface area contributed by atoms with E-state index in [2.05, 4.69) is 4.99 Å². The summed E-state index contributed by atoms with van der Waals surface area (Å²) in [5.74, 6) is -2.16. The molecule has 3 rings (SSSR count). The third-order valence-electron chi connectivity index (χ3n) is 5.18. The van der Waals surface area contributed by atoms with Crippen LogP contribution < -0.4 is 5.73 Å². The molecule has 8 nitrogen and oxygen atoms in total. The van der Waals surface area contributed by atoms with Crippen molar-refractivity contribution in [1.29, 1.82) is 0 Å². The van der Waals surface area contributed by atoms with Crippen LogP contribution in [0, 0.1) is 11.8 Å². The van der Waals surface area contributed by atoms with Crippen molar-refractivity contribution in [3.05, 3.63) is 46.5 Å². The van der Waals surface area contributed by atoms with Gasteiger partial charge in [-0.15, -0.1) is 11.8 Å². The molecular formula is C20H23N3O5S. The normalized spacial score (nSPS) is 24.4. The molecule has 1 fully saturated rings. The van der Waals surface area contributed by atoms with E-state index in [1.165, 1.54) is 23.0 Å². The number of ether oxygens (including phenoxy) is 1. The SMILES string of the molecule is C[C@@H](OC(=O)c1ccccc1)[C@H]1C(=O)N2C(C(=O)O)=C(SCCN=CN)[C@H](C)[C@H]12. The summed E-state index contributed by atoms with van der Waals surface area (Å²) >= 11 is 1.37. The van der Waals surface area contributed by atoms with Gasteiger partial charge in [0.1, 0.15) is 11.8 Å². The van der Waals surface area contributed by atoms with E-state index in [4.69, 9.17) is 10.5 Å². The standard InChI is InChI=1S/C20H23N3O5S/c1-11-15-14(12(2)28-20(27)13-6-4-3-5-7-13)18(24)23(15)16(19(25)26)17(11)29-9-8-22-10-21/h3-7,10-12,14-15H,8-9H2,1-2H3,(H2,21,22)(H,25,26)/t11-,12-,14-,15-/m1/s1. The number of fused-ring (bicyclic) bond motifs is 1. The molecule has 2 aliphatic heterocycles. The summed E-state index contributed by atoms with van der Waals surface area (Å²) in [5, 5.41) is 9.66. The van der Waals surface area contributed by atoms with E-state index in [9.17, 15) is 19.5 Å². The molecule has 2 heterocycles. The van der Waals surface area contributed by atoms with Crippen LogP contribution in [0.1, 0.15) is 24.2 Å². The van der Waals surface area contributed by atoms with Crippen LogP contribution in [0.5, 0.6) is 0 Å². The van der Waals surface area contributed by atoms with Gasteiger partial charge in [0, 0.05) is 16.6 Å². The first-order valence-corrected chi connectivity index (χ1v) is 10.3. The fraction of sp³-hybridized carbons (Fsp3) is 0.400. The number of benzene rings is 1. The second-order valence-corrected chi connectivity index (χ2v) is 8.05. The van der Waals surface area contributed by atoms with Crippen molar-refractivity contribution in [3.8, 4) is 0 Å². The van der Waals surface area contributed by atoms with Crippen LogP contribution in [0.15, 0.2) is 45.9 Å². The first-order valence-electron chi connectivity index (χ1n) is 9.27. The lowest BCUT2D eigenvalue weighted by Gasteiger charge is -2.47. The summed E-state index contributed by atoms with van der Waals surface area (Å²) in [5.41, 5.74) is 5.66. The number of thioether (sulfide) groups is 1. The van der Waals surface area contributed by atoms with Gasteiger partial charge in [-0.25, -0.2) is 9.59 Å². The zero-order chi connectivity index (χ0) is 21.1. The number of nitrogens with zero attached hydrogens (tertiary/aromatic N) is 2. The number of rotatable bonds is 8. The van der Waals surface area contributed by atoms with E-state index in [1.807, 2.05) is 6.92 Å². The van der Waals surface area contributed by atoms with Crippen molar-refractivity contribution in [2.45, 2.75) is 26.0 Å². The predicted octanol–water partition coefficient (Wildman–Crippen LogP) is 1.72. The topological polar surface area (TPSA) is 122 Å². The van der Waals surface area contributed by atoms with Crippen LogP contribution in [-0.4, -0.2) is 58.6 Å². The maximum Gasteiger partial charge on any atom is 0.353 e. The van der Waals surface area contributed by atoms with Crippen LogP contribution in [0.3, 0.4) is 0 Å². The first-order chi connectivity index (χ1) is 13.9. The molecule has 1 aromatic rings. The number of aliphatic carboxylic acids is 1. The largest absolute Gasteiger partial charge is 0.477 e. The molecule has 1 amide bonds. The van der Waals surface area contributed by atoms with E-state index < -0.39 is 24.0 Å². The molecule has 0 bridgehead atoms. The van der Waals surface area contributed by atoms with Gasteiger partial charge in [-0.3, -0.25) is 9.79 Å². The maximum absolute atomic E-state index is 12.8. The highest BCUT2D eigenvalue weighted by molar-refractivity contribution is 8.03. The van der Waals surface area contributed by atoms with E-state index in [0.717, 1.165) is 0 Å². The molecule has 0 radical (unpaired) electrons. The lowest BCUT2D eigenvalue weighted by atomic mass is 9.79. The minimum atomic E-state index is -1.13. The second kappa shape index (κ2) is 8.69. The lowest BCUT2D eigenvalue weighted by molar-refractivity contribution is -0.163. The third-order valence-corrected chi connectivity index (χ3v) is 6.45. The molecule has 9 heteroatoms. The highest BCUT2D eigenvalue weighted by Crippen LogP contribution is 2.50. The fourth-order valence-corrected chi connectivity index (χ4v) is 5.01. The van der Waals surface area contributed by atoms with Crippen molar-refractivity contribution in [1.82, 2.24) is 4.90 Å². The Hall–Kier alpha value is -2.81. The number of amides is 1. The molecule has 29 heavy (non-hydrogen) atoms. The summed E-state index contributed by atoms with van der Waals surface area (Å²) in [6.45, 7) is 4.03. The third kappa shape index (κ3) is 3.87. The molecule has 0 aliphatic carbocycles. The summed E-state index contributed by atoms with van der Waals surface area (Å²) in [7, 11) is 0. The zero-order valence-corrected chi connectivity index (χ0v) is 17.0. The molecular weight excluding hydrogens is 394 g/mol. The smallest absolute Gasteiger partial charge is 0.353 e. The van der Waals surface area contributed by atoms with Gasteiger partial charge in [0.15, 0.2) is 0 Å². The summed E-state index contributed by atoms with van der Waals surface area (Å²) in [6, 6.07) is 8.21. The summed E-state index contributed by atoms with van der Waals surface area (Å²) in [4.78, 5) is 42.8. The molecule has 1 aromatic carbocycles. The Morgan fingerprint density at radius 2 is 2.07 bits per heavy atom.